The van der Waals surface area contributed by atoms with Crippen molar-refractivity contribution in [1.82, 2.24) is 5.32 Å². The zero-order valence-electron chi connectivity index (χ0n) is 21.5. The minimum Gasteiger partial charge on any atom is -0.493 e. The third-order valence-electron chi connectivity index (χ3n) is 6.91. The molecule has 1 N–H and O–H groups in total. The first-order valence-electron chi connectivity index (χ1n) is 13.1. The monoisotopic (exact) mass is 539 g/mol. The van der Waals surface area contributed by atoms with Gasteiger partial charge in [-0.1, -0.05) is 84.4 Å². The number of halogens is 1. The maximum Gasteiger partial charge on any atom is 0.228 e. The molecule has 39 heavy (non-hydrogen) atoms. The van der Waals surface area contributed by atoms with E-state index in [1.807, 2.05) is 84.9 Å². The minimum atomic E-state index is -0.798. The summed E-state index contributed by atoms with van der Waals surface area (Å²) in [6.07, 6.45) is 1.01. The van der Waals surface area contributed by atoms with E-state index in [1.165, 1.54) is 0 Å². The van der Waals surface area contributed by atoms with Crippen LogP contribution in [0, 0.1) is 5.92 Å². The van der Waals surface area contributed by atoms with Crippen LogP contribution in [0.2, 0.25) is 5.02 Å². The van der Waals surface area contributed by atoms with Gasteiger partial charge in [0.05, 0.1) is 24.7 Å². The number of para-hydroxylation sites is 2. The van der Waals surface area contributed by atoms with Crippen molar-refractivity contribution < 1.29 is 19.1 Å². The molecule has 6 heteroatoms. The molecule has 1 amide bonds. The number of ketones is 1. The highest BCUT2D eigenvalue weighted by Crippen LogP contribution is 2.38. The Balaban J connectivity index is 1.60. The molecular formula is C33H30ClNO4. The normalized spacial score (nSPS) is 17.3. The summed E-state index contributed by atoms with van der Waals surface area (Å²) in [6.45, 7) is 1.15. The Morgan fingerprint density at radius 1 is 0.769 bits per heavy atom. The van der Waals surface area contributed by atoms with Crippen molar-refractivity contribution in [3.05, 3.63) is 130 Å². The van der Waals surface area contributed by atoms with Crippen LogP contribution in [-0.4, -0.2) is 24.9 Å². The number of hydrogen-bond donors (Lipinski definition) is 1. The second kappa shape index (κ2) is 12.6. The predicted molar refractivity (Wildman–Crippen MR) is 152 cm³/mol. The third-order valence-corrected chi connectivity index (χ3v) is 7.16. The Morgan fingerprint density at radius 2 is 1.41 bits per heavy atom. The van der Waals surface area contributed by atoms with Gasteiger partial charge in [0.1, 0.15) is 11.5 Å². The smallest absolute Gasteiger partial charge is 0.228 e. The lowest BCUT2D eigenvalue weighted by Gasteiger charge is -2.29. The van der Waals surface area contributed by atoms with E-state index in [4.69, 9.17) is 21.1 Å². The minimum absolute atomic E-state index is 0.142. The summed E-state index contributed by atoms with van der Waals surface area (Å²) in [5.74, 6) is -0.763. The molecule has 198 valence electrons. The van der Waals surface area contributed by atoms with Crippen LogP contribution in [0.3, 0.4) is 0 Å². The number of carbonyl (C=O) groups excluding carboxylic acids is 2. The number of Topliss-reactive ketones (excluding diaryl/α,β-unsaturated/α-hetero) is 1. The average molecular weight is 540 g/mol. The van der Waals surface area contributed by atoms with Gasteiger partial charge in [0.15, 0.2) is 5.78 Å². The molecule has 5 rings (SSSR count). The van der Waals surface area contributed by atoms with E-state index in [2.05, 4.69) is 5.32 Å². The molecule has 0 radical (unpaired) electrons. The molecule has 0 saturated carbocycles. The van der Waals surface area contributed by atoms with Crippen LogP contribution >= 0.6 is 11.6 Å². The number of fused-ring (bicyclic) bond motifs is 2. The molecule has 0 bridgehead atoms. The second-order valence-electron chi connectivity index (χ2n) is 9.57. The zero-order chi connectivity index (χ0) is 27.0. The molecule has 4 aromatic carbocycles. The highest BCUT2D eigenvalue weighted by molar-refractivity contribution is 6.30. The highest BCUT2D eigenvalue weighted by atomic mass is 35.5. The van der Waals surface area contributed by atoms with Gasteiger partial charge in [-0.05, 0) is 47.9 Å². The molecule has 1 aliphatic rings. The molecule has 4 aromatic rings. The van der Waals surface area contributed by atoms with E-state index in [0.717, 1.165) is 11.1 Å². The summed E-state index contributed by atoms with van der Waals surface area (Å²) in [5, 5.41) is 3.71. The molecule has 0 aromatic heterocycles. The summed E-state index contributed by atoms with van der Waals surface area (Å²) in [7, 11) is 0. The van der Waals surface area contributed by atoms with Gasteiger partial charge in [0.2, 0.25) is 5.91 Å². The van der Waals surface area contributed by atoms with Gasteiger partial charge in [-0.2, -0.15) is 0 Å². The average Bonchev–Trinajstić information content (AvgIpc) is 2.97. The summed E-state index contributed by atoms with van der Waals surface area (Å²) < 4.78 is 12.2. The van der Waals surface area contributed by atoms with Gasteiger partial charge in [0.25, 0.3) is 0 Å². The van der Waals surface area contributed by atoms with Crippen LogP contribution in [0.1, 0.15) is 39.4 Å². The van der Waals surface area contributed by atoms with Crippen LogP contribution in [0.25, 0.3) is 0 Å². The summed E-state index contributed by atoms with van der Waals surface area (Å²) in [4.78, 5) is 28.5. The number of rotatable bonds is 5. The summed E-state index contributed by atoms with van der Waals surface area (Å²) in [6, 6.07) is 31.9. The molecule has 1 heterocycles. The van der Waals surface area contributed by atoms with Gasteiger partial charge < -0.3 is 14.8 Å². The molecule has 0 saturated heterocycles. The lowest BCUT2D eigenvalue weighted by atomic mass is 9.76. The molecular weight excluding hydrogens is 510 g/mol. The van der Waals surface area contributed by atoms with Gasteiger partial charge in [-0.25, -0.2) is 0 Å². The molecule has 0 aliphatic carbocycles. The van der Waals surface area contributed by atoms with Crippen molar-refractivity contribution in [2.75, 3.05) is 13.2 Å². The number of ether oxygens (including phenoxy) is 2. The Kier molecular flexibility index (Phi) is 8.59. The first-order chi connectivity index (χ1) is 19.1. The topological polar surface area (TPSA) is 64.6 Å². The molecule has 0 fully saturated rings. The number of nitrogens with one attached hydrogen (secondary N) is 1. The summed E-state index contributed by atoms with van der Waals surface area (Å²) >= 11 is 6.04. The Labute approximate surface area is 233 Å². The van der Waals surface area contributed by atoms with E-state index >= 15 is 0 Å². The van der Waals surface area contributed by atoms with Crippen LogP contribution < -0.4 is 14.8 Å². The molecule has 0 spiro atoms. The van der Waals surface area contributed by atoms with Crippen LogP contribution in [0.5, 0.6) is 11.5 Å². The van der Waals surface area contributed by atoms with Gasteiger partial charge in [-0.15, -0.1) is 0 Å². The van der Waals surface area contributed by atoms with Crippen molar-refractivity contribution in [1.29, 1.82) is 0 Å². The maximum atomic E-state index is 14.4. The summed E-state index contributed by atoms with van der Waals surface area (Å²) in [5.41, 5.74) is 3.05. The fourth-order valence-electron chi connectivity index (χ4n) is 4.96. The molecule has 1 aliphatic heterocycles. The van der Waals surface area contributed by atoms with Crippen molar-refractivity contribution in [3.8, 4) is 11.5 Å². The fraction of sp³-hybridized carbons (Fsp3) is 0.212. The van der Waals surface area contributed by atoms with E-state index < -0.39 is 11.8 Å². The largest absolute Gasteiger partial charge is 0.493 e. The first kappa shape index (κ1) is 26.5. The number of benzene rings is 4. The van der Waals surface area contributed by atoms with Crippen LogP contribution in [0.15, 0.2) is 103 Å². The second-order valence-corrected chi connectivity index (χ2v) is 10.0. The van der Waals surface area contributed by atoms with Crippen molar-refractivity contribution >= 4 is 23.3 Å². The highest BCUT2D eigenvalue weighted by Gasteiger charge is 2.38. The Hall–Kier alpha value is -4.09. The van der Waals surface area contributed by atoms with Crippen LogP contribution in [0.4, 0.5) is 0 Å². The SMILES string of the molecule is O=C1c2ccccc2OCCCOc2ccccc2C(C(=O)NCc2ccc(Cl)cc2)C1Cc1ccccc1. The lowest BCUT2D eigenvalue weighted by Crippen LogP contribution is -2.38. The Morgan fingerprint density at radius 3 is 2.18 bits per heavy atom. The number of amides is 1. The Bertz CT molecular complexity index is 1420. The fourth-order valence-corrected chi connectivity index (χ4v) is 5.09. The zero-order valence-corrected chi connectivity index (χ0v) is 22.3. The number of carbonyl (C=O) groups is 2. The van der Waals surface area contributed by atoms with E-state index in [9.17, 15) is 9.59 Å². The number of hydrogen-bond acceptors (Lipinski definition) is 4. The molecule has 2 unspecified atom stereocenters. The van der Waals surface area contributed by atoms with Crippen LogP contribution in [-0.2, 0) is 17.8 Å². The van der Waals surface area contributed by atoms with Crippen molar-refractivity contribution in [2.45, 2.75) is 25.3 Å². The van der Waals surface area contributed by atoms with Crippen molar-refractivity contribution in [2.24, 2.45) is 5.92 Å². The van der Waals surface area contributed by atoms with E-state index in [-0.39, 0.29) is 11.7 Å². The maximum absolute atomic E-state index is 14.4. The quantitative estimate of drug-likeness (QED) is 0.308. The third kappa shape index (κ3) is 6.50. The van der Waals surface area contributed by atoms with E-state index in [0.29, 0.717) is 60.2 Å². The van der Waals surface area contributed by atoms with Gasteiger partial charge in [-0.3, -0.25) is 9.59 Å². The first-order valence-corrected chi connectivity index (χ1v) is 13.5. The lowest BCUT2D eigenvalue weighted by molar-refractivity contribution is -0.123. The predicted octanol–water partition coefficient (Wildman–Crippen LogP) is 6.64. The van der Waals surface area contributed by atoms with E-state index in [1.54, 1.807) is 18.2 Å². The van der Waals surface area contributed by atoms with Gasteiger partial charge >= 0.3 is 0 Å². The molecule has 2 atom stereocenters. The van der Waals surface area contributed by atoms with Gasteiger partial charge in [0, 0.05) is 29.5 Å². The standard InChI is InChI=1S/C33H30ClNO4/c34-25-17-15-24(16-18-25)22-35-33(37)31-26-11-4-6-13-29(26)38-19-8-20-39-30-14-7-5-12-27(30)32(36)28(31)21-23-9-2-1-3-10-23/h1-7,9-18,28,31H,8,19-22H2,(H,35,37). The van der Waals surface area contributed by atoms with Crippen molar-refractivity contribution in [3.63, 3.8) is 0 Å². The molecule has 5 nitrogen and oxygen atoms in total.